The van der Waals surface area contributed by atoms with Crippen molar-refractivity contribution in [3.05, 3.63) is 45.0 Å². The summed E-state index contributed by atoms with van der Waals surface area (Å²) in [6.45, 7) is 8.72. The van der Waals surface area contributed by atoms with E-state index in [4.69, 9.17) is 39.5 Å². The van der Waals surface area contributed by atoms with Gasteiger partial charge in [-0.15, -0.1) is 0 Å². The Morgan fingerprint density at radius 1 is 1.26 bits per heavy atom. The van der Waals surface area contributed by atoms with Crippen molar-refractivity contribution in [2.75, 3.05) is 30.4 Å². The number of benzene rings is 1. The molecule has 2 aromatic rings. The fraction of sp³-hybridized carbons (Fsp3) is 0.476. The number of ether oxygens (including phenoxy) is 1. The third-order valence-electron chi connectivity index (χ3n) is 4.89. The smallest absolute Gasteiger partial charge is 0.410 e. The van der Waals surface area contributed by atoms with Crippen molar-refractivity contribution in [3.63, 3.8) is 0 Å². The van der Waals surface area contributed by atoms with E-state index >= 15 is 0 Å². The normalized spacial score (nSPS) is 15.3. The Bertz CT molecular complexity index is 961. The summed E-state index contributed by atoms with van der Waals surface area (Å²) in [5, 5.41) is 4.83. The molecule has 31 heavy (non-hydrogen) atoms. The van der Waals surface area contributed by atoms with Gasteiger partial charge < -0.3 is 19.9 Å². The highest BCUT2D eigenvalue weighted by molar-refractivity contribution is 6.35. The lowest BCUT2D eigenvalue weighted by atomic mass is 10.1. The lowest BCUT2D eigenvalue weighted by Crippen LogP contribution is -2.60. The highest BCUT2D eigenvalue weighted by Crippen LogP contribution is 2.31. The zero-order chi connectivity index (χ0) is 22.9. The van der Waals surface area contributed by atoms with E-state index in [0.29, 0.717) is 39.9 Å². The quantitative estimate of drug-likeness (QED) is 0.587. The summed E-state index contributed by atoms with van der Waals surface area (Å²) in [6.07, 6.45) is 1.22. The maximum atomic E-state index is 12.2. The molecular weight excluding hydrogens is 461 g/mol. The molecule has 0 spiro atoms. The minimum atomic E-state index is -0.529. The number of amides is 1. The molecule has 168 valence electrons. The summed E-state index contributed by atoms with van der Waals surface area (Å²) in [7, 11) is 1.74. The Morgan fingerprint density at radius 2 is 1.94 bits per heavy atom. The standard InChI is InChI=1S/C21H26Cl3N5O2/c1-12(15-7-6-13(22)8-16(15)23)26-18-17(24)9-25-19(27-18)29-10-14(11-29)28(5)20(30)31-21(2,3)4/h6-9,12,14H,10-11H2,1-5H3,(H,25,26,27)/t12-/m1/s1. The van der Waals surface area contributed by atoms with Gasteiger partial charge in [0.2, 0.25) is 5.95 Å². The molecule has 0 bridgehead atoms. The van der Waals surface area contributed by atoms with Crippen molar-refractivity contribution < 1.29 is 9.53 Å². The summed E-state index contributed by atoms with van der Waals surface area (Å²) >= 11 is 18.6. The van der Waals surface area contributed by atoms with Crippen LogP contribution in [0.3, 0.4) is 0 Å². The average molecular weight is 487 g/mol. The van der Waals surface area contributed by atoms with Crippen LogP contribution in [0.2, 0.25) is 15.1 Å². The topological polar surface area (TPSA) is 70.6 Å². The van der Waals surface area contributed by atoms with Crippen LogP contribution < -0.4 is 10.2 Å². The molecule has 2 heterocycles. The Balaban J connectivity index is 1.65. The van der Waals surface area contributed by atoms with Gasteiger partial charge in [-0.2, -0.15) is 4.98 Å². The Hall–Kier alpha value is -1.96. The summed E-state index contributed by atoms with van der Waals surface area (Å²) in [5.41, 5.74) is 0.350. The number of anilines is 2. The van der Waals surface area contributed by atoms with E-state index in [0.717, 1.165) is 5.56 Å². The van der Waals surface area contributed by atoms with E-state index in [9.17, 15) is 4.79 Å². The first-order valence-corrected chi connectivity index (χ1v) is 11.0. The first kappa shape index (κ1) is 23.7. The SMILES string of the molecule is C[C@@H](Nc1nc(N2CC(N(C)C(=O)OC(C)(C)C)C2)ncc1Cl)c1ccc(Cl)cc1Cl. The molecule has 1 atom stereocenters. The van der Waals surface area contributed by atoms with Crippen LogP contribution >= 0.6 is 34.8 Å². The molecule has 3 rings (SSSR count). The second-order valence-electron chi connectivity index (χ2n) is 8.55. The number of nitrogens with one attached hydrogen (secondary N) is 1. The summed E-state index contributed by atoms with van der Waals surface area (Å²) in [4.78, 5) is 24.7. The van der Waals surface area contributed by atoms with Gasteiger partial charge in [0, 0.05) is 30.2 Å². The van der Waals surface area contributed by atoms with Crippen molar-refractivity contribution in [2.24, 2.45) is 0 Å². The van der Waals surface area contributed by atoms with Crippen LogP contribution in [-0.2, 0) is 4.74 Å². The number of rotatable bonds is 5. The molecule has 0 saturated carbocycles. The number of nitrogens with zero attached hydrogens (tertiary/aromatic N) is 4. The number of aromatic nitrogens is 2. The molecule has 1 aromatic heterocycles. The highest BCUT2D eigenvalue weighted by Gasteiger charge is 2.36. The van der Waals surface area contributed by atoms with Gasteiger partial charge in [-0.3, -0.25) is 0 Å². The van der Waals surface area contributed by atoms with Gasteiger partial charge in [-0.25, -0.2) is 9.78 Å². The first-order chi connectivity index (χ1) is 14.4. The molecule has 0 aliphatic carbocycles. The molecule has 1 aromatic carbocycles. The Labute approximate surface area is 197 Å². The fourth-order valence-corrected chi connectivity index (χ4v) is 3.81. The molecule has 10 heteroatoms. The largest absolute Gasteiger partial charge is 0.444 e. The number of hydrogen-bond acceptors (Lipinski definition) is 6. The van der Waals surface area contributed by atoms with Gasteiger partial charge in [0.1, 0.15) is 10.6 Å². The third-order valence-corrected chi connectivity index (χ3v) is 5.73. The molecule has 1 saturated heterocycles. The lowest BCUT2D eigenvalue weighted by Gasteiger charge is -2.43. The summed E-state index contributed by atoms with van der Waals surface area (Å²) in [6, 6.07) is 5.23. The molecule has 1 fully saturated rings. The van der Waals surface area contributed by atoms with Crippen LogP contribution in [0.1, 0.15) is 39.3 Å². The molecule has 1 amide bonds. The van der Waals surface area contributed by atoms with Gasteiger partial charge in [-0.1, -0.05) is 40.9 Å². The van der Waals surface area contributed by atoms with E-state index < -0.39 is 5.60 Å². The number of hydrogen-bond donors (Lipinski definition) is 1. The maximum Gasteiger partial charge on any atom is 0.410 e. The summed E-state index contributed by atoms with van der Waals surface area (Å²) in [5.74, 6) is 1.05. The van der Waals surface area contributed by atoms with Crippen molar-refractivity contribution in [2.45, 2.75) is 45.4 Å². The van der Waals surface area contributed by atoms with E-state index in [1.165, 1.54) is 0 Å². The predicted octanol–water partition coefficient (Wildman–Crippen LogP) is 5.67. The van der Waals surface area contributed by atoms with Crippen molar-refractivity contribution in [3.8, 4) is 0 Å². The average Bonchev–Trinajstić information content (AvgIpc) is 2.61. The molecule has 1 aliphatic heterocycles. The zero-order valence-electron chi connectivity index (χ0n) is 18.1. The molecule has 7 nitrogen and oxygen atoms in total. The van der Waals surface area contributed by atoms with E-state index in [2.05, 4.69) is 15.3 Å². The van der Waals surface area contributed by atoms with Gasteiger partial charge in [-0.05, 0) is 45.4 Å². The van der Waals surface area contributed by atoms with Gasteiger partial charge in [0.05, 0.1) is 18.3 Å². The number of carbonyl (C=O) groups excluding carboxylic acids is 1. The Kier molecular flexibility index (Phi) is 7.08. The minimum Gasteiger partial charge on any atom is -0.444 e. The number of likely N-dealkylation sites (N-methyl/N-ethyl adjacent to an activating group) is 1. The minimum absolute atomic E-state index is 0.0253. The molecule has 1 N–H and O–H groups in total. The molecule has 0 unspecified atom stereocenters. The predicted molar refractivity (Wildman–Crippen MR) is 126 cm³/mol. The lowest BCUT2D eigenvalue weighted by molar-refractivity contribution is 0.0196. The van der Waals surface area contributed by atoms with E-state index in [1.807, 2.05) is 38.7 Å². The van der Waals surface area contributed by atoms with Crippen molar-refractivity contribution in [1.29, 1.82) is 0 Å². The van der Waals surface area contributed by atoms with Gasteiger partial charge in [0.15, 0.2) is 5.82 Å². The number of carbonyl (C=O) groups is 1. The van der Waals surface area contributed by atoms with Crippen LogP contribution in [-0.4, -0.2) is 52.7 Å². The van der Waals surface area contributed by atoms with E-state index in [1.54, 1.807) is 30.3 Å². The highest BCUT2D eigenvalue weighted by atomic mass is 35.5. The van der Waals surface area contributed by atoms with Crippen LogP contribution in [0.15, 0.2) is 24.4 Å². The fourth-order valence-electron chi connectivity index (χ4n) is 3.09. The monoisotopic (exact) mass is 485 g/mol. The second kappa shape index (κ2) is 9.27. The zero-order valence-corrected chi connectivity index (χ0v) is 20.4. The summed E-state index contributed by atoms with van der Waals surface area (Å²) < 4.78 is 5.43. The van der Waals surface area contributed by atoms with Gasteiger partial charge in [0.25, 0.3) is 0 Å². The molecule has 1 aliphatic rings. The number of halogens is 3. The Morgan fingerprint density at radius 3 is 2.55 bits per heavy atom. The molecular formula is C21H26Cl3N5O2. The second-order valence-corrected chi connectivity index (χ2v) is 9.80. The van der Waals surface area contributed by atoms with Crippen LogP contribution in [0.25, 0.3) is 0 Å². The van der Waals surface area contributed by atoms with Crippen LogP contribution in [0.4, 0.5) is 16.6 Å². The third kappa shape index (κ3) is 5.84. The van der Waals surface area contributed by atoms with Crippen LogP contribution in [0, 0.1) is 0 Å². The van der Waals surface area contributed by atoms with Crippen molar-refractivity contribution >= 4 is 52.7 Å². The van der Waals surface area contributed by atoms with Gasteiger partial charge >= 0.3 is 6.09 Å². The van der Waals surface area contributed by atoms with Crippen molar-refractivity contribution in [1.82, 2.24) is 14.9 Å². The first-order valence-electron chi connectivity index (χ1n) is 9.89. The maximum absolute atomic E-state index is 12.2. The van der Waals surface area contributed by atoms with E-state index in [-0.39, 0.29) is 18.2 Å². The molecule has 0 radical (unpaired) electrons. The van der Waals surface area contributed by atoms with Crippen LogP contribution in [0.5, 0.6) is 0 Å².